The SMILES string of the molecule is CCOC(=O)c1c(-c2cc(OC)c(O)c(OC)c2)c(C)n2c1-c1cc(OC)c(OC)cc1CC2. The quantitative estimate of drug-likeness (QED) is 0.508. The number of aromatic hydroxyl groups is 1. The van der Waals surface area contributed by atoms with Crippen LogP contribution in [0.15, 0.2) is 24.3 Å². The molecular weight excluding hydrogens is 438 g/mol. The summed E-state index contributed by atoms with van der Waals surface area (Å²) in [6, 6.07) is 7.26. The summed E-state index contributed by atoms with van der Waals surface area (Å²) in [5.41, 5.74) is 5.43. The van der Waals surface area contributed by atoms with Gasteiger partial charge in [0.25, 0.3) is 0 Å². The van der Waals surface area contributed by atoms with Gasteiger partial charge in [-0.25, -0.2) is 4.79 Å². The van der Waals surface area contributed by atoms with Gasteiger partial charge in [0.1, 0.15) is 0 Å². The van der Waals surface area contributed by atoms with Crippen LogP contribution in [-0.2, 0) is 17.7 Å². The molecule has 2 heterocycles. The first kappa shape index (κ1) is 23.4. The minimum atomic E-state index is -0.428. The number of phenols is 1. The number of aryl methyl sites for hydroxylation is 1. The van der Waals surface area contributed by atoms with Crippen molar-refractivity contribution in [3.63, 3.8) is 0 Å². The summed E-state index contributed by atoms with van der Waals surface area (Å²) in [5.74, 6) is 1.19. The Bertz CT molecular complexity index is 1230. The van der Waals surface area contributed by atoms with E-state index >= 15 is 0 Å². The summed E-state index contributed by atoms with van der Waals surface area (Å²) in [4.78, 5) is 13.4. The lowest BCUT2D eigenvalue weighted by Crippen LogP contribution is -2.15. The van der Waals surface area contributed by atoms with Crippen molar-refractivity contribution in [2.24, 2.45) is 0 Å². The highest BCUT2D eigenvalue weighted by atomic mass is 16.5. The van der Waals surface area contributed by atoms with Gasteiger partial charge in [-0.15, -0.1) is 0 Å². The number of hydrogen-bond donors (Lipinski definition) is 1. The van der Waals surface area contributed by atoms with E-state index in [0.717, 1.165) is 28.9 Å². The number of carbonyl (C=O) groups excluding carboxylic acids is 1. The molecule has 0 spiro atoms. The van der Waals surface area contributed by atoms with E-state index in [1.54, 1.807) is 33.3 Å². The Hall–Kier alpha value is -3.81. The molecule has 180 valence electrons. The van der Waals surface area contributed by atoms with Crippen molar-refractivity contribution in [1.82, 2.24) is 4.57 Å². The van der Waals surface area contributed by atoms with Gasteiger partial charge < -0.3 is 33.4 Å². The van der Waals surface area contributed by atoms with E-state index < -0.39 is 5.97 Å². The average Bonchev–Trinajstić information content (AvgIpc) is 3.16. The summed E-state index contributed by atoms with van der Waals surface area (Å²) in [6.45, 7) is 4.67. The Balaban J connectivity index is 2.07. The average molecular weight is 468 g/mol. The van der Waals surface area contributed by atoms with Gasteiger partial charge in [-0.05, 0) is 55.7 Å². The third-order valence-electron chi connectivity index (χ3n) is 6.24. The van der Waals surface area contributed by atoms with Crippen LogP contribution >= 0.6 is 0 Å². The number of hydrogen-bond acceptors (Lipinski definition) is 7. The summed E-state index contributed by atoms with van der Waals surface area (Å²) in [6.07, 6.45) is 0.766. The van der Waals surface area contributed by atoms with Crippen LogP contribution in [0.3, 0.4) is 0 Å². The fourth-order valence-electron chi connectivity index (χ4n) is 4.67. The van der Waals surface area contributed by atoms with Crippen molar-refractivity contribution in [2.75, 3.05) is 35.0 Å². The Morgan fingerprint density at radius 3 is 2.09 bits per heavy atom. The van der Waals surface area contributed by atoms with Gasteiger partial charge in [0, 0.05) is 23.4 Å². The number of aromatic nitrogens is 1. The molecule has 0 fully saturated rings. The molecular formula is C26H29NO7. The maximum Gasteiger partial charge on any atom is 0.340 e. The highest BCUT2D eigenvalue weighted by Gasteiger charge is 2.33. The number of ether oxygens (including phenoxy) is 5. The zero-order valence-corrected chi connectivity index (χ0v) is 20.3. The van der Waals surface area contributed by atoms with E-state index in [0.29, 0.717) is 34.7 Å². The van der Waals surface area contributed by atoms with E-state index in [9.17, 15) is 9.90 Å². The van der Waals surface area contributed by atoms with Gasteiger partial charge in [0.15, 0.2) is 23.0 Å². The number of carbonyl (C=O) groups is 1. The Kier molecular flexibility index (Phi) is 6.32. The molecule has 0 saturated carbocycles. The summed E-state index contributed by atoms with van der Waals surface area (Å²) in [5, 5.41) is 10.4. The lowest BCUT2D eigenvalue weighted by molar-refractivity contribution is 0.0528. The van der Waals surface area contributed by atoms with Crippen LogP contribution in [0, 0.1) is 6.92 Å². The van der Waals surface area contributed by atoms with Gasteiger partial charge in [-0.1, -0.05) is 0 Å². The molecule has 0 amide bonds. The molecule has 8 heteroatoms. The van der Waals surface area contributed by atoms with Crippen LogP contribution in [0.1, 0.15) is 28.5 Å². The molecule has 0 atom stereocenters. The highest BCUT2D eigenvalue weighted by Crippen LogP contribution is 2.48. The fourth-order valence-corrected chi connectivity index (χ4v) is 4.67. The highest BCUT2D eigenvalue weighted by molar-refractivity contribution is 6.06. The number of esters is 1. The minimum absolute atomic E-state index is 0.102. The van der Waals surface area contributed by atoms with Crippen molar-refractivity contribution >= 4 is 5.97 Å². The van der Waals surface area contributed by atoms with Crippen LogP contribution in [0.25, 0.3) is 22.4 Å². The van der Waals surface area contributed by atoms with Crippen molar-refractivity contribution in [1.29, 1.82) is 0 Å². The molecule has 0 aliphatic carbocycles. The molecule has 8 nitrogen and oxygen atoms in total. The first-order chi connectivity index (χ1) is 16.4. The largest absolute Gasteiger partial charge is 0.502 e. The molecule has 1 N–H and O–H groups in total. The molecule has 0 radical (unpaired) electrons. The Morgan fingerprint density at radius 1 is 0.941 bits per heavy atom. The Morgan fingerprint density at radius 2 is 1.53 bits per heavy atom. The van der Waals surface area contributed by atoms with Crippen molar-refractivity contribution in [3.05, 3.63) is 41.1 Å². The minimum Gasteiger partial charge on any atom is -0.502 e. The molecule has 1 aromatic heterocycles. The number of fused-ring (bicyclic) bond motifs is 3. The van der Waals surface area contributed by atoms with E-state index in [1.165, 1.54) is 14.2 Å². The molecule has 1 aliphatic rings. The standard InChI is InChI=1S/C26H29NO7/c1-7-34-26(29)23-22(16-11-20(32-5)25(28)21(12-16)33-6)14(2)27-9-8-15-10-18(30-3)19(31-4)13-17(15)24(23)27/h10-13,28H,7-9H2,1-6H3. The molecule has 0 saturated heterocycles. The van der Waals surface area contributed by atoms with Gasteiger partial charge >= 0.3 is 5.97 Å². The van der Waals surface area contributed by atoms with Gasteiger partial charge in [-0.2, -0.15) is 0 Å². The molecule has 0 unspecified atom stereocenters. The number of phenolic OH excluding ortho intramolecular Hbond substituents is 1. The second-order valence-electron chi connectivity index (χ2n) is 7.90. The third-order valence-corrected chi connectivity index (χ3v) is 6.24. The third kappa shape index (κ3) is 3.59. The molecule has 3 aromatic rings. The fraction of sp³-hybridized carbons (Fsp3) is 0.346. The van der Waals surface area contributed by atoms with Crippen molar-refractivity contribution in [2.45, 2.75) is 26.8 Å². The van der Waals surface area contributed by atoms with E-state index in [-0.39, 0.29) is 23.9 Å². The van der Waals surface area contributed by atoms with Gasteiger partial charge in [-0.3, -0.25) is 0 Å². The molecule has 0 bridgehead atoms. The zero-order chi connectivity index (χ0) is 24.6. The maximum atomic E-state index is 13.4. The van der Waals surface area contributed by atoms with Gasteiger partial charge in [0.2, 0.25) is 5.75 Å². The maximum absolute atomic E-state index is 13.4. The summed E-state index contributed by atoms with van der Waals surface area (Å²) in [7, 11) is 6.13. The lowest BCUT2D eigenvalue weighted by atomic mass is 9.93. The monoisotopic (exact) mass is 467 g/mol. The number of rotatable bonds is 7. The predicted octanol–water partition coefficient (Wildman–Crippen LogP) is 4.60. The second kappa shape index (κ2) is 9.21. The van der Waals surface area contributed by atoms with Crippen LogP contribution in [-0.4, -0.2) is 50.7 Å². The lowest BCUT2D eigenvalue weighted by Gasteiger charge is -2.23. The normalized spacial score (nSPS) is 11.9. The molecule has 2 aromatic carbocycles. The smallest absolute Gasteiger partial charge is 0.340 e. The predicted molar refractivity (Wildman–Crippen MR) is 128 cm³/mol. The second-order valence-corrected chi connectivity index (χ2v) is 7.90. The number of benzene rings is 2. The van der Waals surface area contributed by atoms with Crippen LogP contribution < -0.4 is 18.9 Å². The number of methoxy groups -OCH3 is 4. The van der Waals surface area contributed by atoms with E-state index in [4.69, 9.17) is 23.7 Å². The van der Waals surface area contributed by atoms with E-state index in [1.807, 2.05) is 19.1 Å². The first-order valence-electron chi connectivity index (χ1n) is 11.0. The van der Waals surface area contributed by atoms with Crippen LogP contribution in [0.2, 0.25) is 0 Å². The summed E-state index contributed by atoms with van der Waals surface area (Å²) >= 11 is 0. The molecule has 4 rings (SSSR count). The number of nitrogens with zero attached hydrogens (tertiary/aromatic N) is 1. The molecule has 34 heavy (non-hydrogen) atoms. The Labute approximate surface area is 198 Å². The first-order valence-corrected chi connectivity index (χ1v) is 11.0. The van der Waals surface area contributed by atoms with Gasteiger partial charge in [0.05, 0.1) is 46.3 Å². The topological polar surface area (TPSA) is 88.4 Å². The summed E-state index contributed by atoms with van der Waals surface area (Å²) < 4.78 is 29.4. The van der Waals surface area contributed by atoms with Crippen LogP contribution in [0.5, 0.6) is 28.7 Å². The van der Waals surface area contributed by atoms with Crippen molar-refractivity contribution < 1.29 is 33.6 Å². The zero-order valence-electron chi connectivity index (χ0n) is 20.3. The molecule has 1 aliphatic heterocycles. The van der Waals surface area contributed by atoms with E-state index in [2.05, 4.69) is 4.57 Å². The van der Waals surface area contributed by atoms with Crippen LogP contribution in [0.4, 0.5) is 0 Å². The van der Waals surface area contributed by atoms with Crippen molar-refractivity contribution in [3.8, 4) is 51.1 Å².